The van der Waals surface area contributed by atoms with Crippen LogP contribution >= 0.6 is 24.0 Å². The van der Waals surface area contributed by atoms with E-state index in [1.165, 1.54) is 9.93 Å². The van der Waals surface area contributed by atoms with Crippen LogP contribution in [0.1, 0.15) is 0 Å². The SMILES string of the molecule is CN1C(=O)/C(=C\C=C2\SCCN2C)N(C)C1=S. The Hall–Kier alpha value is -1.01. The molecule has 0 aliphatic carbocycles. The molecule has 0 aromatic rings. The molecule has 1 amide bonds. The first-order valence-corrected chi connectivity index (χ1v) is 6.73. The second kappa shape index (κ2) is 4.70. The first kappa shape index (κ1) is 12.4. The molecule has 0 unspecified atom stereocenters. The largest absolute Gasteiger partial charge is 0.369 e. The molecule has 4 nitrogen and oxygen atoms in total. The Morgan fingerprint density at radius 1 is 1.24 bits per heavy atom. The second-order valence-electron chi connectivity index (χ2n) is 4.03. The molecule has 92 valence electrons. The number of nitrogens with zero attached hydrogens (tertiary/aromatic N) is 3. The van der Waals surface area contributed by atoms with Gasteiger partial charge in [-0.25, -0.2) is 0 Å². The van der Waals surface area contributed by atoms with Gasteiger partial charge in [-0.05, 0) is 24.4 Å². The second-order valence-corrected chi connectivity index (χ2v) is 5.51. The van der Waals surface area contributed by atoms with Crippen LogP contribution in [0.5, 0.6) is 0 Å². The third-order valence-electron chi connectivity index (χ3n) is 2.90. The zero-order chi connectivity index (χ0) is 12.6. The first-order chi connectivity index (χ1) is 8.02. The summed E-state index contributed by atoms with van der Waals surface area (Å²) in [6.07, 6.45) is 3.84. The molecule has 2 aliphatic rings. The van der Waals surface area contributed by atoms with Gasteiger partial charge < -0.3 is 9.80 Å². The van der Waals surface area contributed by atoms with Crippen LogP contribution in [-0.2, 0) is 4.79 Å². The van der Waals surface area contributed by atoms with Crippen LogP contribution in [0.25, 0.3) is 0 Å². The maximum absolute atomic E-state index is 11.9. The molecular formula is C11H15N3OS2. The van der Waals surface area contributed by atoms with Gasteiger partial charge in [-0.15, -0.1) is 11.8 Å². The molecule has 0 atom stereocenters. The zero-order valence-electron chi connectivity index (χ0n) is 10.1. The summed E-state index contributed by atoms with van der Waals surface area (Å²) >= 11 is 6.95. The van der Waals surface area contributed by atoms with E-state index in [9.17, 15) is 4.79 Å². The number of carbonyl (C=O) groups is 1. The molecule has 0 bridgehead atoms. The summed E-state index contributed by atoms with van der Waals surface area (Å²) in [5.74, 6) is 1.06. The van der Waals surface area contributed by atoms with Crippen LogP contribution in [-0.4, -0.2) is 59.2 Å². The van der Waals surface area contributed by atoms with Crippen molar-refractivity contribution in [3.63, 3.8) is 0 Å². The lowest BCUT2D eigenvalue weighted by atomic mass is 10.3. The Kier molecular flexibility index (Phi) is 3.44. The van der Waals surface area contributed by atoms with Crippen molar-refractivity contribution in [2.45, 2.75) is 0 Å². The maximum atomic E-state index is 11.9. The van der Waals surface area contributed by atoms with Gasteiger partial charge in [0.25, 0.3) is 5.91 Å². The molecule has 2 fully saturated rings. The highest BCUT2D eigenvalue weighted by Crippen LogP contribution is 2.26. The molecule has 2 aliphatic heterocycles. The Labute approximate surface area is 111 Å². The van der Waals surface area contributed by atoms with Crippen molar-refractivity contribution in [3.05, 3.63) is 22.9 Å². The number of carbonyl (C=O) groups excluding carboxylic acids is 1. The first-order valence-electron chi connectivity index (χ1n) is 5.34. The Balaban J connectivity index is 2.23. The highest BCUT2D eigenvalue weighted by Gasteiger charge is 2.32. The van der Waals surface area contributed by atoms with Gasteiger partial charge in [0.1, 0.15) is 5.70 Å². The third kappa shape index (κ3) is 2.19. The molecule has 0 aromatic carbocycles. The topological polar surface area (TPSA) is 26.8 Å². The average Bonchev–Trinajstić information content (AvgIpc) is 2.78. The van der Waals surface area contributed by atoms with E-state index in [0.29, 0.717) is 10.8 Å². The van der Waals surface area contributed by atoms with Crippen molar-refractivity contribution < 1.29 is 4.79 Å². The van der Waals surface area contributed by atoms with Crippen molar-refractivity contribution in [2.75, 3.05) is 33.4 Å². The highest BCUT2D eigenvalue weighted by atomic mass is 32.2. The lowest BCUT2D eigenvalue weighted by Gasteiger charge is -2.11. The summed E-state index contributed by atoms with van der Waals surface area (Å²) in [7, 11) is 5.58. The number of allylic oxidation sites excluding steroid dienone is 2. The van der Waals surface area contributed by atoms with E-state index in [0.717, 1.165) is 12.3 Å². The maximum Gasteiger partial charge on any atom is 0.276 e. The molecular weight excluding hydrogens is 254 g/mol. The van der Waals surface area contributed by atoms with E-state index in [-0.39, 0.29) is 5.91 Å². The number of rotatable bonds is 1. The van der Waals surface area contributed by atoms with Crippen LogP contribution in [0.15, 0.2) is 22.9 Å². The zero-order valence-corrected chi connectivity index (χ0v) is 11.8. The van der Waals surface area contributed by atoms with E-state index in [4.69, 9.17) is 12.2 Å². The lowest BCUT2D eigenvalue weighted by molar-refractivity contribution is -0.121. The predicted molar refractivity (Wildman–Crippen MR) is 74.4 cm³/mol. The fourth-order valence-corrected chi connectivity index (χ4v) is 2.98. The molecule has 0 N–H and O–H groups in total. The number of hydrogen-bond acceptors (Lipinski definition) is 4. The molecule has 0 radical (unpaired) electrons. The monoisotopic (exact) mass is 269 g/mol. The minimum absolute atomic E-state index is 0.0417. The van der Waals surface area contributed by atoms with Crippen molar-refractivity contribution in [1.82, 2.24) is 14.7 Å². The van der Waals surface area contributed by atoms with Gasteiger partial charge >= 0.3 is 0 Å². The number of amides is 1. The predicted octanol–water partition coefficient (Wildman–Crippen LogP) is 1.08. The molecule has 2 rings (SSSR count). The van der Waals surface area contributed by atoms with E-state index in [1.54, 1.807) is 23.7 Å². The Morgan fingerprint density at radius 2 is 1.94 bits per heavy atom. The minimum Gasteiger partial charge on any atom is -0.369 e. The summed E-state index contributed by atoms with van der Waals surface area (Å²) < 4.78 is 0. The van der Waals surface area contributed by atoms with Crippen LogP contribution in [0.3, 0.4) is 0 Å². The summed E-state index contributed by atoms with van der Waals surface area (Å²) in [4.78, 5) is 17.3. The number of thioether (sulfide) groups is 1. The lowest BCUT2D eigenvalue weighted by Crippen LogP contribution is -2.26. The van der Waals surface area contributed by atoms with Gasteiger partial charge in [-0.3, -0.25) is 9.69 Å². The smallest absolute Gasteiger partial charge is 0.276 e. The third-order valence-corrected chi connectivity index (χ3v) is 4.57. The fourth-order valence-electron chi connectivity index (χ4n) is 1.75. The van der Waals surface area contributed by atoms with Gasteiger partial charge in [0.05, 0.1) is 5.03 Å². The quantitative estimate of drug-likeness (QED) is 0.524. The van der Waals surface area contributed by atoms with E-state index in [1.807, 2.05) is 19.2 Å². The molecule has 0 spiro atoms. The molecule has 6 heteroatoms. The van der Waals surface area contributed by atoms with Crippen LogP contribution < -0.4 is 0 Å². The van der Waals surface area contributed by atoms with Gasteiger partial charge in [-0.1, -0.05) is 0 Å². The molecule has 0 aromatic heterocycles. The standard InChI is InChI=1S/C11H15N3OS2/c1-12-6-7-17-9(12)5-4-8-10(15)14(3)11(16)13(8)2/h4-5H,6-7H2,1-3H3/b8-4+,9-5+. The number of hydrogen-bond donors (Lipinski definition) is 0. The van der Waals surface area contributed by atoms with E-state index in [2.05, 4.69) is 11.9 Å². The van der Waals surface area contributed by atoms with Crippen LogP contribution in [0.2, 0.25) is 0 Å². The Bertz CT molecular complexity index is 430. The van der Waals surface area contributed by atoms with E-state index >= 15 is 0 Å². The van der Waals surface area contributed by atoms with Crippen molar-refractivity contribution in [2.24, 2.45) is 0 Å². The van der Waals surface area contributed by atoms with Gasteiger partial charge in [-0.2, -0.15) is 0 Å². The summed E-state index contributed by atoms with van der Waals surface area (Å²) in [6, 6.07) is 0. The van der Waals surface area contributed by atoms with Crippen molar-refractivity contribution in [1.29, 1.82) is 0 Å². The molecule has 17 heavy (non-hydrogen) atoms. The van der Waals surface area contributed by atoms with E-state index < -0.39 is 0 Å². The molecule has 2 heterocycles. The number of thiocarbonyl (C=S) groups is 1. The minimum atomic E-state index is -0.0417. The van der Waals surface area contributed by atoms with Crippen molar-refractivity contribution >= 4 is 35.0 Å². The van der Waals surface area contributed by atoms with Crippen molar-refractivity contribution in [3.8, 4) is 0 Å². The van der Waals surface area contributed by atoms with Gasteiger partial charge in [0.15, 0.2) is 5.11 Å². The van der Waals surface area contributed by atoms with Crippen LogP contribution in [0.4, 0.5) is 0 Å². The van der Waals surface area contributed by atoms with Gasteiger partial charge in [0.2, 0.25) is 0 Å². The average molecular weight is 269 g/mol. The summed E-state index contributed by atoms with van der Waals surface area (Å²) in [6.45, 7) is 1.06. The highest BCUT2D eigenvalue weighted by molar-refractivity contribution is 8.03. The number of likely N-dealkylation sites (N-methyl/N-ethyl adjacent to an activating group) is 2. The summed E-state index contributed by atoms with van der Waals surface area (Å²) in [5, 5.41) is 1.74. The normalized spacial score (nSPS) is 25.9. The van der Waals surface area contributed by atoms with Gasteiger partial charge in [0, 0.05) is 33.4 Å². The fraction of sp³-hybridized carbons (Fsp3) is 0.455. The molecule has 0 saturated carbocycles. The Morgan fingerprint density at radius 3 is 2.41 bits per heavy atom. The summed E-state index contributed by atoms with van der Waals surface area (Å²) in [5.41, 5.74) is 0.630. The van der Waals surface area contributed by atoms with Crippen LogP contribution in [0, 0.1) is 0 Å². The molecule has 2 saturated heterocycles.